The van der Waals surface area contributed by atoms with Gasteiger partial charge in [0.2, 0.25) is 9.84 Å². The fourth-order valence-corrected chi connectivity index (χ4v) is 4.11. The number of hydrogen-bond donors (Lipinski definition) is 0. The lowest BCUT2D eigenvalue weighted by molar-refractivity contribution is 0.595. The molecule has 0 spiro atoms. The van der Waals surface area contributed by atoms with Crippen molar-refractivity contribution < 1.29 is 8.42 Å². The molecule has 0 bridgehead atoms. The van der Waals surface area contributed by atoms with Crippen LogP contribution in [0.25, 0.3) is 22.6 Å². The lowest BCUT2D eigenvalue weighted by atomic mass is 10.2. The van der Waals surface area contributed by atoms with Crippen LogP contribution in [0.15, 0.2) is 89.3 Å². The minimum Gasteiger partial charge on any atom is -0.264 e. The monoisotopic (exact) mass is 388 g/mol. The van der Waals surface area contributed by atoms with E-state index in [-0.39, 0.29) is 9.79 Å². The van der Waals surface area contributed by atoms with Crippen LogP contribution < -0.4 is 0 Å². The van der Waals surface area contributed by atoms with Crippen LogP contribution in [0.2, 0.25) is 0 Å². The number of hydrogen-bond acceptors (Lipinski definition) is 6. The Morgan fingerprint density at radius 2 is 1.43 bits per heavy atom. The number of nitrogens with zero attached hydrogens (tertiary/aromatic N) is 4. The Morgan fingerprint density at radius 3 is 2.04 bits per heavy atom. The van der Waals surface area contributed by atoms with E-state index in [4.69, 9.17) is 0 Å². The molecule has 0 saturated heterocycles. The van der Waals surface area contributed by atoms with Gasteiger partial charge in [0.15, 0.2) is 5.82 Å². The van der Waals surface area contributed by atoms with Crippen LogP contribution in [-0.4, -0.2) is 28.4 Å². The number of aromatic nitrogens is 4. The molecule has 0 N–H and O–H groups in total. The molecule has 0 aliphatic carbocycles. The molecule has 0 atom stereocenters. The standard InChI is InChI=1S/C21H16N4O2S/c1-15-6-8-18(9-7-15)28(26,27)19-14-24-21(17-5-3-11-23-13-17)25-20(19)16-4-2-10-22-12-16/h2-14H,1H3. The molecule has 4 rings (SSSR count). The quantitative estimate of drug-likeness (QED) is 0.529. The second-order valence-electron chi connectivity index (χ2n) is 6.21. The van der Waals surface area contributed by atoms with E-state index in [0.29, 0.717) is 22.6 Å². The summed E-state index contributed by atoms with van der Waals surface area (Å²) in [6, 6.07) is 13.8. The summed E-state index contributed by atoms with van der Waals surface area (Å²) in [5, 5.41) is 0. The van der Waals surface area contributed by atoms with Crippen molar-refractivity contribution in [2.75, 3.05) is 0 Å². The van der Waals surface area contributed by atoms with Crippen LogP contribution in [0.3, 0.4) is 0 Å². The summed E-state index contributed by atoms with van der Waals surface area (Å²) < 4.78 is 26.5. The minimum atomic E-state index is -3.80. The molecule has 138 valence electrons. The maximum Gasteiger partial charge on any atom is 0.210 e. The summed E-state index contributed by atoms with van der Waals surface area (Å²) >= 11 is 0. The van der Waals surface area contributed by atoms with Crippen LogP contribution in [0.1, 0.15) is 5.56 Å². The van der Waals surface area contributed by atoms with Crippen LogP contribution in [-0.2, 0) is 9.84 Å². The zero-order valence-corrected chi connectivity index (χ0v) is 15.8. The van der Waals surface area contributed by atoms with Gasteiger partial charge in [0.1, 0.15) is 4.90 Å². The van der Waals surface area contributed by atoms with Gasteiger partial charge in [0.05, 0.1) is 16.8 Å². The van der Waals surface area contributed by atoms with Crippen molar-refractivity contribution in [3.8, 4) is 22.6 Å². The molecule has 7 heteroatoms. The van der Waals surface area contributed by atoms with Crippen LogP contribution in [0, 0.1) is 6.92 Å². The van der Waals surface area contributed by atoms with E-state index in [1.165, 1.54) is 6.20 Å². The van der Waals surface area contributed by atoms with Crippen molar-refractivity contribution >= 4 is 9.84 Å². The molecule has 0 amide bonds. The maximum absolute atomic E-state index is 13.3. The fraction of sp³-hybridized carbons (Fsp3) is 0.0476. The number of aryl methyl sites for hydroxylation is 1. The SMILES string of the molecule is Cc1ccc(S(=O)(=O)c2cnc(-c3cccnc3)nc2-c2cccnc2)cc1. The molecule has 0 saturated carbocycles. The van der Waals surface area contributed by atoms with E-state index in [2.05, 4.69) is 19.9 Å². The molecule has 6 nitrogen and oxygen atoms in total. The van der Waals surface area contributed by atoms with Crippen LogP contribution >= 0.6 is 0 Å². The predicted molar refractivity (Wildman–Crippen MR) is 105 cm³/mol. The zero-order valence-electron chi connectivity index (χ0n) is 15.0. The summed E-state index contributed by atoms with van der Waals surface area (Å²) in [6.45, 7) is 1.91. The number of rotatable bonds is 4. The van der Waals surface area contributed by atoms with E-state index in [1.54, 1.807) is 67.3 Å². The van der Waals surface area contributed by atoms with Gasteiger partial charge in [-0.25, -0.2) is 18.4 Å². The highest BCUT2D eigenvalue weighted by Crippen LogP contribution is 2.31. The molecule has 3 aromatic heterocycles. The molecular weight excluding hydrogens is 372 g/mol. The van der Waals surface area contributed by atoms with Crippen molar-refractivity contribution in [2.24, 2.45) is 0 Å². The summed E-state index contributed by atoms with van der Waals surface area (Å²) in [5.74, 6) is 0.398. The largest absolute Gasteiger partial charge is 0.264 e. The molecule has 0 fully saturated rings. The molecule has 3 heterocycles. The Balaban J connectivity index is 1.93. The fourth-order valence-electron chi connectivity index (χ4n) is 2.76. The van der Waals surface area contributed by atoms with Gasteiger partial charge in [-0.3, -0.25) is 9.97 Å². The third-order valence-corrected chi connectivity index (χ3v) is 6.00. The second-order valence-corrected chi connectivity index (χ2v) is 8.12. The lowest BCUT2D eigenvalue weighted by Gasteiger charge is -2.11. The second kappa shape index (κ2) is 7.28. The third kappa shape index (κ3) is 3.39. The van der Waals surface area contributed by atoms with Gasteiger partial charge in [-0.1, -0.05) is 17.7 Å². The predicted octanol–water partition coefficient (Wildman–Crippen LogP) is 3.74. The summed E-state index contributed by atoms with van der Waals surface area (Å²) in [4.78, 5) is 17.3. The van der Waals surface area contributed by atoms with Gasteiger partial charge in [-0.2, -0.15) is 0 Å². The Kier molecular flexibility index (Phi) is 4.67. The first-order valence-electron chi connectivity index (χ1n) is 8.55. The highest BCUT2D eigenvalue weighted by molar-refractivity contribution is 7.91. The number of benzene rings is 1. The Hall–Kier alpha value is -3.45. The third-order valence-electron chi connectivity index (χ3n) is 4.23. The van der Waals surface area contributed by atoms with Crippen molar-refractivity contribution in [2.45, 2.75) is 16.7 Å². The molecule has 0 aliphatic rings. The first kappa shape index (κ1) is 17.9. The van der Waals surface area contributed by atoms with E-state index in [1.807, 2.05) is 13.0 Å². The molecule has 4 aromatic rings. The number of sulfone groups is 1. The first-order chi connectivity index (χ1) is 13.6. The van der Waals surface area contributed by atoms with Gasteiger partial charge >= 0.3 is 0 Å². The van der Waals surface area contributed by atoms with E-state index in [9.17, 15) is 8.42 Å². The van der Waals surface area contributed by atoms with Gasteiger partial charge in [-0.05, 0) is 43.3 Å². The van der Waals surface area contributed by atoms with E-state index >= 15 is 0 Å². The molecule has 28 heavy (non-hydrogen) atoms. The first-order valence-corrected chi connectivity index (χ1v) is 10.0. The molecule has 0 radical (unpaired) electrons. The number of pyridine rings is 2. The Morgan fingerprint density at radius 1 is 0.786 bits per heavy atom. The summed E-state index contributed by atoms with van der Waals surface area (Å²) in [6.07, 6.45) is 7.86. The van der Waals surface area contributed by atoms with Crippen molar-refractivity contribution in [3.05, 3.63) is 85.1 Å². The molecule has 0 unspecified atom stereocenters. The maximum atomic E-state index is 13.3. The molecular formula is C21H16N4O2S. The highest BCUT2D eigenvalue weighted by Gasteiger charge is 2.24. The van der Waals surface area contributed by atoms with Crippen LogP contribution in [0.5, 0.6) is 0 Å². The van der Waals surface area contributed by atoms with E-state index < -0.39 is 9.84 Å². The summed E-state index contributed by atoms with van der Waals surface area (Å²) in [7, 11) is -3.80. The van der Waals surface area contributed by atoms with Crippen molar-refractivity contribution in [1.29, 1.82) is 0 Å². The van der Waals surface area contributed by atoms with Gasteiger partial charge in [-0.15, -0.1) is 0 Å². The van der Waals surface area contributed by atoms with Crippen molar-refractivity contribution in [1.82, 2.24) is 19.9 Å². The van der Waals surface area contributed by atoms with E-state index in [0.717, 1.165) is 5.56 Å². The smallest absolute Gasteiger partial charge is 0.210 e. The van der Waals surface area contributed by atoms with Gasteiger partial charge in [0, 0.05) is 35.9 Å². The average molecular weight is 388 g/mol. The molecule has 0 aliphatic heterocycles. The molecule has 1 aromatic carbocycles. The van der Waals surface area contributed by atoms with Gasteiger partial charge in [0.25, 0.3) is 0 Å². The summed E-state index contributed by atoms with van der Waals surface area (Å²) in [5.41, 5.74) is 2.59. The highest BCUT2D eigenvalue weighted by atomic mass is 32.2. The topological polar surface area (TPSA) is 85.7 Å². The van der Waals surface area contributed by atoms with Crippen LogP contribution in [0.4, 0.5) is 0 Å². The average Bonchev–Trinajstić information content (AvgIpc) is 2.75. The Labute approximate surface area is 162 Å². The lowest BCUT2D eigenvalue weighted by Crippen LogP contribution is -2.07. The zero-order chi connectivity index (χ0) is 19.6. The normalized spacial score (nSPS) is 11.3. The van der Waals surface area contributed by atoms with Gasteiger partial charge < -0.3 is 0 Å². The van der Waals surface area contributed by atoms with Crippen molar-refractivity contribution in [3.63, 3.8) is 0 Å². The minimum absolute atomic E-state index is 0.0389. The Bertz CT molecular complexity index is 1210.